The molecular formula is C29H39N5O12. The minimum Gasteiger partial charge on any atom is -0.493 e. The maximum atomic E-state index is 9.10. The summed E-state index contributed by atoms with van der Waals surface area (Å²) in [6.45, 7) is 9.71. The second-order valence-corrected chi connectivity index (χ2v) is 9.53. The van der Waals surface area contributed by atoms with Crippen LogP contribution in [0, 0.1) is 0 Å². The van der Waals surface area contributed by atoms with Gasteiger partial charge in [0, 0.05) is 52.1 Å². The minimum atomic E-state index is -1.82. The second kappa shape index (κ2) is 18.7. The van der Waals surface area contributed by atoms with Gasteiger partial charge in [0.1, 0.15) is 11.3 Å². The number of hydrogen-bond acceptors (Lipinski definition) is 12. The van der Waals surface area contributed by atoms with E-state index in [-0.39, 0.29) is 0 Å². The van der Waals surface area contributed by atoms with Gasteiger partial charge in [0.25, 0.3) is 0 Å². The summed E-state index contributed by atoms with van der Waals surface area (Å²) in [6.07, 6.45) is 1.83. The standard InChI is InChI=1S/C25H35N5O4.2C2H2O4/c1-5-34-14-13-30-23(27-20-7-6-8-26-25(20)30)18-29-11-9-28(10-12-29)17-19-15-21(31-2)24(33-4)22(16-19)32-3;2*3-1(4)2(5)6/h6-8,15-16H,5,9-14,17-18H2,1-4H3;2*(H,3,4)(H,5,6). The Morgan fingerprint density at radius 1 is 0.804 bits per heavy atom. The molecule has 0 unspecified atom stereocenters. The molecule has 4 rings (SSSR count). The quantitative estimate of drug-likeness (QED) is 0.169. The first-order valence-corrected chi connectivity index (χ1v) is 14.0. The topological polar surface area (TPSA) is 223 Å². The molecule has 17 nitrogen and oxygen atoms in total. The Balaban J connectivity index is 0.000000522. The van der Waals surface area contributed by atoms with Crippen LogP contribution in [0.5, 0.6) is 17.2 Å². The van der Waals surface area contributed by atoms with Gasteiger partial charge in [-0.2, -0.15) is 0 Å². The molecule has 0 amide bonds. The zero-order valence-electron chi connectivity index (χ0n) is 26.0. The number of carbonyl (C=O) groups is 4. The van der Waals surface area contributed by atoms with Crippen LogP contribution < -0.4 is 14.2 Å². The van der Waals surface area contributed by atoms with Crippen LogP contribution >= 0.6 is 0 Å². The van der Waals surface area contributed by atoms with Crippen molar-refractivity contribution in [3.63, 3.8) is 0 Å². The number of nitrogens with zero attached hydrogens (tertiary/aromatic N) is 5. The van der Waals surface area contributed by atoms with E-state index in [1.807, 2.05) is 37.4 Å². The summed E-state index contributed by atoms with van der Waals surface area (Å²) >= 11 is 0. The van der Waals surface area contributed by atoms with E-state index in [2.05, 4.69) is 19.4 Å². The molecule has 46 heavy (non-hydrogen) atoms. The molecule has 3 heterocycles. The van der Waals surface area contributed by atoms with Crippen LogP contribution in [0.2, 0.25) is 0 Å². The molecule has 3 aromatic rings. The van der Waals surface area contributed by atoms with Crippen LogP contribution in [0.1, 0.15) is 18.3 Å². The maximum Gasteiger partial charge on any atom is 0.414 e. The number of carboxylic acids is 4. The molecule has 0 spiro atoms. The van der Waals surface area contributed by atoms with E-state index in [0.717, 1.165) is 68.4 Å². The third-order valence-corrected chi connectivity index (χ3v) is 6.57. The monoisotopic (exact) mass is 649 g/mol. The van der Waals surface area contributed by atoms with Crippen molar-refractivity contribution in [3.8, 4) is 17.2 Å². The molecule has 1 saturated heterocycles. The summed E-state index contributed by atoms with van der Waals surface area (Å²) in [5, 5.41) is 29.6. The molecule has 17 heteroatoms. The van der Waals surface area contributed by atoms with Crippen molar-refractivity contribution in [2.75, 3.05) is 60.7 Å². The summed E-state index contributed by atoms with van der Waals surface area (Å²) in [5.41, 5.74) is 3.01. The first-order chi connectivity index (χ1) is 21.9. The minimum absolute atomic E-state index is 0.625. The van der Waals surface area contributed by atoms with Crippen LogP contribution in [-0.2, 0) is 43.5 Å². The van der Waals surface area contributed by atoms with E-state index < -0.39 is 23.9 Å². The number of methoxy groups -OCH3 is 3. The zero-order chi connectivity index (χ0) is 34.2. The first-order valence-electron chi connectivity index (χ1n) is 14.0. The highest BCUT2D eigenvalue weighted by molar-refractivity contribution is 6.27. The average Bonchev–Trinajstić information content (AvgIpc) is 3.38. The molecule has 1 fully saturated rings. The molecule has 4 N–H and O–H groups in total. The van der Waals surface area contributed by atoms with Gasteiger partial charge in [-0.25, -0.2) is 29.1 Å². The maximum absolute atomic E-state index is 9.10. The van der Waals surface area contributed by atoms with Crippen molar-refractivity contribution < 1.29 is 58.6 Å². The van der Waals surface area contributed by atoms with Gasteiger partial charge in [0.05, 0.1) is 34.5 Å². The molecular weight excluding hydrogens is 610 g/mol. The summed E-state index contributed by atoms with van der Waals surface area (Å²) in [4.78, 5) is 50.8. The normalized spacial score (nSPS) is 13.0. The van der Waals surface area contributed by atoms with Crippen LogP contribution in [0.15, 0.2) is 30.5 Å². The van der Waals surface area contributed by atoms with Gasteiger partial charge in [-0.1, -0.05) is 0 Å². The average molecular weight is 650 g/mol. The number of pyridine rings is 1. The zero-order valence-corrected chi connectivity index (χ0v) is 26.0. The molecule has 0 bridgehead atoms. The number of benzene rings is 1. The molecule has 1 aromatic carbocycles. The highest BCUT2D eigenvalue weighted by Crippen LogP contribution is 2.38. The molecule has 2 aromatic heterocycles. The number of imidazole rings is 1. The predicted molar refractivity (Wildman–Crippen MR) is 161 cm³/mol. The largest absolute Gasteiger partial charge is 0.493 e. The third-order valence-electron chi connectivity index (χ3n) is 6.57. The van der Waals surface area contributed by atoms with Gasteiger partial charge in [-0.05, 0) is 36.8 Å². The fourth-order valence-corrected chi connectivity index (χ4v) is 4.45. The van der Waals surface area contributed by atoms with E-state index >= 15 is 0 Å². The van der Waals surface area contributed by atoms with E-state index in [1.54, 1.807) is 21.3 Å². The van der Waals surface area contributed by atoms with Crippen molar-refractivity contribution in [1.29, 1.82) is 0 Å². The molecule has 252 valence electrons. The Hall–Kier alpha value is -5.00. The Morgan fingerprint density at radius 3 is 1.78 bits per heavy atom. The molecule has 1 aliphatic rings. The summed E-state index contributed by atoms with van der Waals surface area (Å²) in [5.74, 6) is -4.24. The van der Waals surface area contributed by atoms with Crippen LogP contribution in [-0.4, -0.2) is 129 Å². The number of ether oxygens (including phenoxy) is 4. The Morgan fingerprint density at radius 2 is 1.33 bits per heavy atom. The van der Waals surface area contributed by atoms with E-state index in [4.69, 9.17) is 63.5 Å². The van der Waals surface area contributed by atoms with Crippen LogP contribution in [0.25, 0.3) is 11.2 Å². The molecule has 0 aliphatic carbocycles. The summed E-state index contributed by atoms with van der Waals surface area (Å²) in [6, 6.07) is 8.02. The number of fused-ring (bicyclic) bond motifs is 1. The van der Waals surface area contributed by atoms with E-state index in [9.17, 15) is 0 Å². The number of aromatic nitrogens is 3. The highest BCUT2D eigenvalue weighted by Gasteiger charge is 2.22. The fourth-order valence-electron chi connectivity index (χ4n) is 4.45. The molecule has 0 radical (unpaired) electrons. The second-order valence-electron chi connectivity index (χ2n) is 9.53. The molecule has 0 atom stereocenters. The van der Waals surface area contributed by atoms with Crippen LogP contribution in [0.3, 0.4) is 0 Å². The molecule has 0 saturated carbocycles. The van der Waals surface area contributed by atoms with Gasteiger partial charge in [-0.15, -0.1) is 0 Å². The number of carboxylic acid groups (broad SMARTS) is 4. The van der Waals surface area contributed by atoms with Gasteiger partial charge < -0.3 is 43.9 Å². The van der Waals surface area contributed by atoms with E-state index in [1.165, 1.54) is 0 Å². The lowest BCUT2D eigenvalue weighted by Crippen LogP contribution is -2.45. The summed E-state index contributed by atoms with van der Waals surface area (Å²) in [7, 11) is 4.93. The van der Waals surface area contributed by atoms with Crippen molar-refractivity contribution in [2.45, 2.75) is 26.6 Å². The lowest BCUT2D eigenvalue weighted by atomic mass is 10.1. The summed E-state index contributed by atoms with van der Waals surface area (Å²) < 4.78 is 24.3. The highest BCUT2D eigenvalue weighted by atomic mass is 16.5. The van der Waals surface area contributed by atoms with Gasteiger partial charge >= 0.3 is 23.9 Å². The van der Waals surface area contributed by atoms with Crippen LogP contribution in [0.4, 0.5) is 0 Å². The van der Waals surface area contributed by atoms with Gasteiger partial charge in [-0.3, -0.25) is 9.80 Å². The fraction of sp³-hybridized carbons (Fsp3) is 0.448. The van der Waals surface area contributed by atoms with Crippen molar-refractivity contribution in [3.05, 3.63) is 41.9 Å². The lowest BCUT2D eigenvalue weighted by molar-refractivity contribution is -0.159. The van der Waals surface area contributed by atoms with Gasteiger partial charge in [0.2, 0.25) is 5.75 Å². The van der Waals surface area contributed by atoms with Crippen molar-refractivity contribution in [2.24, 2.45) is 0 Å². The smallest absolute Gasteiger partial charge is 0.414 e. The number of rotatable bonds is 11. The predicted octanol–water partition coefficient (Wildman–Crippen LogP) is 1.12. The lowest BCUT2D eigenvalue weighted by Gasteiger charge is -2.34. The van der Waals surface area contributed by atoms with Crippen molar-refractivity contribution >= 4 is 35.0 Å². The SMILES string of the molecule is CCOCCn1c(CN2CCN(Cc3cc(OC)c(OC)c(OC)c3)CC2)nc2cccnc21.O=C(O)C(=O)O.O=C(O)C(=O)O. The Labute approximate surface area is 264 Å². The van der Waals surface area contributed by atoms with E-state index in [0.29, 0.717) is 30.5 Å². The number of piperazine rings is 1. The molecule has 1 aliphatic heterocycles. The first kappa shape index (κ1) is 37.2. The third kappa shape index (κ3) is 11.2. The van der Waals surface area contributed by atoms with Crippen molar-refractivity contribution in [1.82, 2.24) is 24.3 Å². The Kier molecular flexibility index (Phi) is 15.1. The van der Waals surface area contributed by atoms with Gasteiger partial charge in [0.15, 0.2) is 17.1 Å². The number of aliphatic carboxylic acids is 4. The number of hydrogen-bond donors (Lipinski definition) is 4. The Bertz CT molecular complexity index is 1400.